The van der Waals surface area contributed by atoms with Crippen LogP contribution < -0.4 is 20.4 Å². The molecule has 0 saturated carbocycles. The summed E-state index contributed by atoms with van der Waals surface area (Å²) in [5.41, 5.74) is -1.19. The smallest absolute Gasteiger partial charge is 0.434 e. The summed E-state index contributed by atoms with van der Waals surface area (Å²) in [4.78, 5) is 32.2. The van der Waals surface area contributed by atoms with E-state index >= 15 is 0 Å². The van der Waals surface area contributed by atoms with Gasteiger partial charge < -0.3 is 29.0 Å². The number of carboxylic acid groups (broad SMARTS) is 1. The Morgan fingerprint density at radius 1 is 1.00 bits per heavy atom. The van der Waals surface area contributed by atoms with Gasteiger partial charge in [-0.15, -0.1) is 4.99 Å². The molecule has 220 valence electrons. The van der Waals surface area contributed by atoms with Gasteiger partial charge in [-0.25, -0.2) is 14.2 Å². The van der Waals surface area contributed by atoms with Gasteiger partial charge in [0.05, 0.1) is 32.0 Å². The second kappa shape index (κ2) is 12.2. The average molecular weight is 588 g/mol. The monoisotopic (exact) mass is 587 g/mol. The molecule has 4 rings (SSSR count). The molecular formula is C28H25F4N5O5. The number of pyridine rings is 1. The van der Waals surface area contributed by atoms with Crippen LogP contribution in [-0.4, -0.2) is 45.4 Å². The summed E-state index contributed by atoms with van der Waals surface area (Å²) in [6.45, 7) is -0.0640. The Bertz CT molecular complexity index is 1690. The van der Waals surface area contributed by atoms with Crippen molar-refractivity contribution in [2.45, 2.75) is 19.3 Å². The Labute approximate surface area is 236 Å². The van der Waals surface area contributed by atoms with Crippen molar-refractivity contribution in [2.24, 2.45) is 12.0 Å². The molecule has 0 aliphatic rings. The second-order valence-corrected chi connectivity index (χ2v) is 9.07. The number of methoxy groups -OCH3 is 2. The lowest BCUT2D eigenvalue weighted by Gasteiger charge is -2.15. The third-order valence-electron chi connectivity index (χ3n) is 6.14. The summed E-state index contributed by atoms with van der Waals surface area (Å²) in [6.07, 6.45) is -3.29. The van der Waals surface area contributed by atoms with Gasteiger partial charge >= 0.3 is 12.3 Å². The molecule has 0 bridgehead atoms. The van der Waals surface area contributed by atoms with Crippen LogP contribution in [0.4, 0.5) is 22.4 Å². The van der Waals surface area contributed by atoms with E-state index in [2.05, 4.69) is 15.3 Å². The molecular weight excluding hydrogens is 562 g/mol. The topological polar surface area (TPSA) is 120 Å². The molecule has 0 aliphatic heterocycles. The number of rotatable bonds is 8. The van der Waals surface area contributed by atoms with E-state index in [9.17, 15) is 27.2 Å². The van der Waals surface area contributed by atoms with E-state index in [4.69, 9.17) is 14.6 Å². The summed E-state index contributed by atoms with van der Waals surface area (Å²) < 4.78 is 68.8. The fraction of sp³-hybridized carbons (Fsp3) is 0.214. The van der Waals surface area contributed by atoms with Gasteiger partial charge in [0.25, 0.3) is 5.91 Å². The summed E-state index contributed by atoms with van der Waals surface area (Å²) in [6, 6.07) is 9.84. The van der Waals surface area contributed by atoms with Crippen molar-refractivity contribution in [1.82, 2.24) is 19.4 Å². The molecule has 0 radical (unpaired) electrons. The quantitative estimate of drug-likeness (QED) is 0.291. The predicted molar refractivity (Wildman–Crippen MR) is 141 cm³/mol. The van der Waals surface area contributed by atoms with Crippen LogP contribution in [0.3, 0.4) is 0 Å². The number of hydrogen-bond acceptors (Lipinski definition) is 5. The van der Waals surface area contributed by atoms with Gasteiger partial charge in [-0.3, -0.25) is 4.79 Å². The van der Waals surface area contributed by atoms with E-state index in [1.54, 1.807) is 31.4 Å². The molecule has 2 heterocycles. The number of nitrogens with one attached hydrogen (secondary N) is 1. The number of ether oxygens (including phenoxy) is 2. The molecule has 0 unspecified atom stereocenters. The standard InChI is InChI=1S/C28H25F4N5O5/c1-36-6-7-37(26(36)35-27(39)40)15-17-10-23(21-5-4-18(29)12-22(21)28(30,31)32)34-24(11-17)25(38)33-14-16-8-19(41-2)13-20(9-16)42-3/h4-13H,14-15H2,1-3H3,(H,33,38)(H,39,40)/b35-26-. The maximum Gasteiger partial charge on any atom is 0.434 e. The third kappa shape index (κ3) is 6.95. The molecule has 14 heteroatoms. The first-order valence-electron chi connectivity index (χ1n) is 12.3. The number of nitrogens with zero attached hydrogens (tertiary/aromatic N) is 4. The largest absolute Gasteiger partial charge is 0.497 e. The van der Waals surface area contributed by atoms with Gasteiger partial charge in [0, 0.05) is 37.6 Å². The molecule has 0 spiro atoms. The minimum Gasteiger partial charge on any atom is -0.497 e. The first kappa shape index (κ1) is 29.8. The van der Waals surface area contributed by atoms with Crippen molar-refractivity contribution in [3.63, 3.8) is 0 Å². The first-order chi connectivity index (χ1) is 19.9. The van der Waals surface area contributed by atoms with Crippen molar-refractivity contribution < 1.29 is 41.7 Å². The van der Waals surface area contributed by atoms with Gasteiger partial charge in [-0.1, -0.05) is 0 Å². The number of carbonyl (C=O) groups is 2. The van der Waals surface area contributed by atoms with Crippen LogP contribution >= 0.6 is 0 Å². The van der Waals surface area contributed by atoms with Crippen LogP contribution in [0, 0.1) is 5.82 Å². The molecule has 10 nitrogen and oxygen atoms in total. The lowest BCUT2D eigenvalue weighted by Crippen LogP contribution is -2.27. The second-order valence-electron chi connectivity index (χ2n) is 9.07. The maximum atomic E-state index is 13.9. The molecule has 0 saturated heterocycles. The lowest BCUT2D eigenvalue weighted by atomic mass is 10.0. The summed E-state index contributed by atoms with van der Waals surface area (Å²) in [7, 11) is 4.51. The highest BCUT2D eigenvalue weighted by atomic mass is 19.4. The number of aryl methyl sites for hydroxylation is 1. The lowest BCUT2D eigenvalue weighted by molar-refractivity contribution is -0.137. The molecule has 2 aromatic carbocycles. The Hall–Kier alpha value is -5.14. The third-order valence-corrected chi connectivity index (χ3v) is 6.14. The predicted octanol–water partition coefficient (Wildman–Crippen LogP) is 4.62. The zero-order valence-electron chi connectivity index (χ0n) is 22.6. The van der Waals surface area contributed by atoms with Gasteiger partial charge in [-0.05, 0) is 53.6 Å². The van der Waals surface area contributed by atoms with Gasteiger partial charge in [-0.2, -0.15) is 13.2 Å². The Balaban J connectivity index is 1.78. The SMILES string of the molecule is COc1cc(CNC(=O)c2cc(Cn3ccn(C)/c3=N/C(=O)O)cc(-c3ccc(F)cc3C(F)(F)F)n2)cc(OC)c1. The summed E-state index contributed by atoms with van der Waals surface area (Å²) in [5, 5.41) is 11.8. The Kier molecular flexibility index (Phi) is 8.64. The van der Waals surface area contributed by atoms with Crippen LogP contribution in [0.2, 0.25) is 0 Å². The molecule has 0 fully saturated rings. The molecule has 2 aromatic heterocycles. The van der Waals surface area contributed by atoms with E-state index in [1.165, 1.54) is 41.7 Å². The fourth-order valence-corrected chi connectivity index (χ4v) is 4.21. The minimum absolute atomic E-state index is 0.00700. The first-order valence-corrected chi connectivity index (χ1v) is 12.3. The molecule has 0 aliphatic carbocycles. The maximum absolute atomic E-state index is 13.9. The highest BCUT2D eigenvalue weighted by Crippen LogP contribution is 2.37. The van der Waals surface area contributed by atoms with Crippen LogP contribution in [0.15, 0.2) is 65.9 Å². The molecule has 4 aromatic rings. The van der Waals surface area contributed by atoms with E-state index in [-0.39, 0.29) is 30.1 Å². The van der Waals surface area contributed by atoms with Crippen molar-refractivity contribution in [3.8, 4) is 22.8 Å². The van der Waals surface area contributed by atoms with E-state index in [0.717, 1.165) is 12.1 Å². The van der Waals surface area contributed by atoms with E-state index < -0.39 is 35.1 Å². The zero-order valence-corrected chi connectivity index (χ0v) is 22.6. The number of benzene rings is 2. The van der Waals surface area contributed by atoms with E-state index in [1.807, 2.05) is 0 Å². The van der Waals surface area contributed by atoms with Crippen molar-refractivity contribution >= 4 is 12.0 Å². The molecule has 2 amide bonds. The number of imidazole rings is 1. The number of aromatic nitrogens is 3. The number of hydrogen-bond donors (Lipinski definition) is 2. The van der Waals surface area contributed by atoms with Crippen molar-refractivity contribution in [1.29, 1.82) is 0 Å². The molecule has 0 atom stereocenters. The van der Waals surface area contributed by atoms with Gasteiger partial charge in [0.1, 0.15) is 23.0 Å². The fourth-order valence-electron chi connectivity index (χ4n) is 4.21. The van der Waals surface area contributed by atoms with Crippen LogP contribution in [0.25, 0.3) is 11.3 Å². The van der Waals surface area contributed by atoms with Gasteiger partial charge in [0.15, 0.2) is 0 Å². The number of halogens is 4. The van der Waals surface area contributed by atoms with Gasteiger partial charge in [0.2, 0.25) is 5.62 Å². The van der Waals surface area contributed by atoms with Crippen molar-refractivity contribution in [3.05, 3.63) is 94.7 Å². The molecule has 42 heavy (non-hydrogen) atoms. The minimum atomic E-state index is -4.91. The summed E-state index contributed by atoms with van der Waals surface area (Å²) >= 11 is 0. The summed E-state index contributed by atoms with van der Waals surface area (Å²) in [5.74, 6) is -0.823. The van der Waals surface area contributed by atoms with Crippen LogP contribution in [-0.2, 0) is 26.3 Å². The number of alkyl halides is 3. The number of amides is 2. The van der Waals surface area contributed by atoms with Crippen molar-refractivity contribution in [2.75, 3.05) is 14.2 Å². The average Bonchev–Trinajstić information content (AvgIpc) is 3.28. The Morgan fingerprint density at radius 3 is 2.31 bits per heavy atom. The Morgan fingerprint density at radius 2 is 1.69 bits per heavy atom. The highest BCUT2D eigenvalue weighted by Gasteiger charge is 2.34. The van der Waals surface area contributed by atoms with Crippen LogP contribution in [0.5, 0.6) is 11.5 Å². The van der Waals surface area contributed by atoms with Crippen LogP contribution in [0.1, 0.15) is 27.2 Å². The normalized spacial score (nSPS) is 11.8. The zero-order chi connectivity index (χ0) is 30.6. The highest BCUT2D eigenvalue weighted by molar-refractivity contribution is 5.93. The van der Waals surface area contributed by atoms with E-state index in [0.29, 0.717) is 28.7 Å². The number of carbonyl (C=O) groups excluding carboxylic acids is 1. The molecule has 2 N–H and O–H groups in total.